The van der Waals surface area contributed by atoms with E-state index in [4.69, 9.17) is 0 Å². The van der Waals surface area contributed by atoms with Gasteiger partial charge < -0.3 is 0 Å². The summed E-state index contributed by atoms with van der Waals surface area (Å²) in [6.45, 7) is 0. The fourth-order valence-electron chi connectivity index (χ4n) is 7.10. The average molecular weight is 242 g/mol. The van der Waals surface area contributed by atoms with Gasteiger partial charge in [0.25, 0.3) is 0 Å². The van der Waals surface area contributed by atoms with Crippen LogP contribution in [0.5, 0.6) is 0 Å². The van der Waals surface area contributed by atoms with Crippen molar-refractivity contribution in [2.75, 3.05) is 0 Å². The van der Waals surface area contributed by atoms with Crippen LogP contribution < -0.4 is 0 Å². The molecular weight excluding hydrogens is 216 g/mol. The fraction of sp³-hybridized carbons (Fsp3) is 0.889. The molecule has 0 aromatic heterocycles. The Morgan fingerprint density at radius 1 is 0.611 bits per heavy atom. The Morgan fingerprint density at radius 2 is 1.39 bits per heavy atom. The zero-order valence-corrected chi connectivity index (χ0v) is 11.4. The summed E-state index contributed by atoms with van der Waals surface area (Å²) in [6.07, 6.45) is 17.7. The van der Waals surface area contributed by atoms with E-state index in [0.29, 0.717) is 0 Å². The van der Waals surface area contributed by atoms with Gasteiger partial charge in [-0.05, 0) is 85.9 Å². The van der Waals surface area contributed by atoms with Crippen LogP contribution in [0.2, 0.25) is 0 Å². The highest BCUT2D eigenvalue weighted by Crippen LogP contribution is 2.64. The number of rotatable bonds is 1. The molecule has 5 rings (SSSR count). The second kappa shape index (κ2) is 3.64. The van der Waals surface area contributed by atoms with Crippen molar-refractivity contribution in [3.63, 3.8) is 0 Å². The first-order valence-corrected chi connectivity index (χ1v) is 8.58. The van der Waals surface area contributed by atoms with Crippen LogP contribution in [0.4, 0.5) is 0 Å². The topological polar surface area (TPSA) is 0 Å². The Kier molecular flexibility index (Phi) is 2.13. The Balaban J connectivity index is 1.40. The summed E-state index contributed by atoms with van der Waals surface area (Å²) in [5.41, 5.74) is 0. The van der Waals surface area contributed by atoms with Gasteiger partial charge in [-0.15, -0.1) is 0 Å². The molecule has 0 saturated heterocycles. The number of hydrogen-bond acceptors (Lipinski definition) is 0. The van der Waals surface area contributed by atoms with E-state index in [1.165, 1.54) is 18.3 Å². The molecule has 0 aromatic rings. The van der Waals surface area contributed by atoms with E-state index < -0.39 is 0 Å². The largest absolute Gasteiger partial charge is 0.0851 e. The second-order valence-electron chi connectivity index (χ2n) is 8.12. The summed E-state index contributed by atoms with van der Waals surface area (Å²) < 4.78 is 0. The molecule has 0 heterocycles. The van der Waals surface area contributed by atoms with Gasteiger partial charge in [-0.1, -0.05) is 25.0 Å². The Morgan fingerprint density at radius 3 is 2.11 bits per heavy atom. The number of fused-ring (bicyclic) bond motifs is 7. The normalized spacial score (nSPS) is 60.4. The first-order chi connectivity index (χ1) is 8.90. The van der Waals surface area contributed by atoms with Crippen LogP contribution in [-0.2, 0) is 0 Å². The van der Waals surface area contributed by atoms with Gasteiger partial charge in [-0.3, -0.25) is 0 Å². The summed E-state index contributed by atoms with van der Waals surface area (Å²) in [5, 5.41) is 0. The monoisotopic (exact) mass is 242 g/mol. The minimum Gasteiger partial charge on any atom is -0.0851 e. The van der Waals surface area contributed by atoms with Crippen molar-refractivity contribution in [2.24, 2.45) is 47.3 Å². The van der Waals surface area contributed by atoms with E-state index in [9.17, 15) is 0 Å². The molecule has 98 valence electrons. The fourth-order valence-corrected chi connectivity index (χ4v) is 7.10. The zero-order chi connectivity index (χ0) is 11.7. The van der Waals surface area contributed by atoms with Crippen molar-refractivity contribution in [1.82, 2.24) is 0 Å². The third-order valence-corrected chi connectivity index (χ3v) is 7.61. The SMILES string of the molecule is C1=CC2CC1CC2C1CC2CC1C1CCCCC21. The lowest BCUT2D eigenvalue weighted by molar-refractivity contribution is 0.0759. The number of allylic oxidation sites excluding steroid dienone is 2. The summed E-state index contributed by atoms with van der Waals surface area (Å²) in [4.78, 5) is 0. The summed E-state index contributed by atoms with van der Waals surface area (Å²) >= 11 is 0. The Bertz CT molecular complexity index is 381. The van der Waals surface area contributed by atoms with Crippen molar-refractivity contribution >= 4 is 0 Å². The van der Waals surface area contributed by atoms with E-state index in [-0.39, 0.29) is 0 Å². The zero-order valence-electron chi connectivity index (χ0n) is 11.4. The highest BCUT2D eigenvalue weighted by atomic mass is 14.6. The minimum absolute atomic E-state index is 0.987. The van der Waals surface area contributed by atoms with E-state index in [1.807, 2.05) is 0 Å². The van der Waals surface area contributed by atoms with Gasteiger partial charge in [-0.2, -0.15) is 0 Å². The molecule has 4 bridgehead atoms. The summed E-state index contributed by atoms with van der Waals surface area (Å²) in [5.74, 6) is 8.92. The maximum Gasteiger partial charge on any atom is -0.0196 e. The summed E-state index contributed by atoms with van der Waals surface area (Å²) in [7, 11) is 0. The third-order valence-electron chi connectivity index (χ3n) is 7.61. The molecule has 0 nitrogen and oxygen atoms in total. The molecule has 5 aliphatic rings. The smallest absolute Gasteiger partial charge is 0.0196 e. The van der Waals surface area contributed by atoms with Gasteiger partial charge in [0.05, 0.1) is 0 Å². The minimum atomic E-state index is 0.987. The van der Waals surface area contributed by atoms with Gasteiger partial charge in [0.1, 0.15) is 0 Å². The van der Waals surface area contributed by atoms with Crippen LogP contribution in [0.1, 0.15) is 51.4 Å². The van der Waals surface area contributed by atoms with Gasteiger partial charge in [-0.25, -0.2) is 0 Å². The van der Waals surface area contributed by atoms with E-state index in [2.05, 4.69) is 12.2 Å². The molecule has 0 amide bonds. The highest BCUT2D eigenvalue weighted by Gasteiger charge is 2.56. The predicted octanol–water partition coefficient (Wildman–Crippen LogP) is 4.66. The van der Waals surface area contributed by atoms with Gasteiger partial charge in [0.2, 0.25) is 0 Å². The quantitative estimate of drug-likeness (QED) is 0.587. The van der Waals surface area contributed by atoms with Crippen LogP contribution in [-0.4, -0.2) is 0 Å². The van der Waals surface area contributed by atoms with Crippen molar-refractivity contribution in [3.8, 4) is 0 Å². The van der Waals surface area contributed by atoms with Gasteiger partial charge >= 0.3 is 0 Å². The maximum absolute atomic E-state index is 2.59. The molecular formula is C18H26. The molecule has 0 heteroatoms. The first-order valence-electron chi connectivity index (χ1n) is 8.58. The highest BCUT2D eigenvalue weighted by molar-refractivity contribution is 5.14. The molecule has 0 radical (unpaired) electrons. The van der Waals surface area contributed by atoms with Crippen molar-refractivity contribution < 1.29 is 0 Å². The van der Waals surface area contributed by atoms with Crippen molar-refractivity contribution in [3.05, 3.63) is 12.2 Å². The van der Waals surface area contributed by atoms with Crippen molar-refractivity contribution in [1.29, 1.82) is 0 Å². The van der Waals surface area contributed by atoms with Gasteiger partial charge in [0.15, 0.2) is 0 Å². The lowest BCUT2D eigenvalue weighted by Crippen LogP contribution is -2.35. The molecule has 18 heavy (non-hydrogen) atoms. The third kappa shape index (κ3) is 1.28. The lowest BCUT2D eigenvalue weighted by atomic mass is 9.63. The van der Waals surface area contributed by atoms with Crippen LogP contribution in [0.25, 0.3) is 0 Å². The predicted molar refractivity (Wildman–Crippen MR) is 74.0 cm³/mol. The standard InChI is InChI=1S/C18H26/c1-2-4-15-14(3-1)13-9-17(15)18(10-13)16-8-11-5-6-12(16)7-11/h5-6,11-18H,1-4,7-10H2. The lowest BCUT2D eigenvalue weighted by Gasteiger charge is -2.42. The van der Waals surface area contributed by atoms with Crippen LogP contribution >= 0.6 is 0 Å². The molecule has 0 spiro atoms. The van der Waals surface area contributed by atoms with E-state index in [1.54, 1.807) is 44.9 Å². The number of hydrogen-bond donors (Lipinski definition) is 0. The van der Waals surface area contributed by atoms with E-state index in [0.717, 1.165) is 35.5 Å². The molecule has 8 unspecified atom stereocenters. The summed E-state index contributed by atoms with van der Waals surface area (Å²) in [6, 6.07) is 0. The van der Waals surface area contributed by atoms with Crippen LogP contribution in [0.15, 0.2) is 12.2 Å². The van der Waals surface area contributed by atoms with E-state index >= 15 is 0 Å². The van der Waals surface area contributed by atoms with Gasteiger partial charge in [0, 0.05) is 0 Å². The average Bonchev–Trinajstić information content (AvgIpc) is 3.17. The van der Waals surface area contributed by atoms with Crippen LogP contribution in [0.3, 0.4) is 0 Å². The second-order valence-corrected chi connectivity index (χ2v) is 8.12. The molecule has 0 aromatic carbocycles. The Hall–Kier alpha value is -0.260. The van der Waals surface area contributed by atoms with Crippen LogP contribution in [0, 0.1) is 47.3 Å². The molecule has 0 aliphatic heterocycles. The first kappa shape index (κ1) is 10.5. The molecule has 4 saturated carbocycles. The maximum atomic E-state index is 2.59. The molecule has 4 fully saturated rings. The molecule has 0 N–H and O–H groups in total. The Labute approximate surface area is 111 Å². The molecule has 8 atom stereocenters. The van der Waals surface area contributed by atoms with Crippen molar-refractivity contribution in [2.45, 2.75) is 51.4 Å². The molecule has 5 aliphatic carbocycles.